The molecule has 0 aromatic heterocycles. The highest BCUT2D eigenvalue weighted by Gasteiger charge is 2.32. The second kappa shape index (κ2) is 8.14. The summed E-state index contributed by atoms with van der Waals surface area (Å²) in [5.74, 6) is 0. The summed E-state index contributed by atoms with van der Waals surface area (Å²) >= 11 is 0. The van der Waals surface area contributed by atoms with Crippen molar-refractivity contribution < 1.29 is 30.0 Å². The number of ether oxygens (including phenoxy) is 1. The molecule has 0 aliphatic carbocycles. The van der Waals surface area contributed by atoms with Gasteiger partial charge in [0.15, 0.2) is 6.29 Å². The predicted octanol–water partition coefficient (Wildman–Crippen LogP) is -0.00110. The van der Waals surface area contributed by atoms with Crippen molar-refractivity contribution >= 4 is 17.1 Å². The van der Waals surface area contributed by atoms with Gasteiger partial charge in [0.25, 0.3) is 0 Å². The molecule has 6 nitrogen and oxygen atoms in total. The van der Waals surface area contributed by atoms with E-state index in [-0.39, 0.29) is 12.9 Å². The maximum Gasteiger partial charge on any atom is 0.151 e. The van der Waals surface area contributed by atoms with Crippen LogP contribution in [0.15, 0.2) is 42.5 Å². The number of hydrogen-bond acceptors (Lipinski definition) is 6. The highest BCUT2D eigenvalue weighted by Crippen LogP contribution is 2.18. The summed E-state index contributed by atoms with van der Waals surface area (Å²) in [5.41, 5.74) is 0.789. The molecule has 0 saturated carbocycles. The van der Waals surface area contributed by atoms with Gasteiger partial charge in [-0.15, -0.1) is 0 Å². The Labute approximate surface area is 133 Å². The van der Waals surface area contributed by atoms with Crippen LogP contribution < -0.4 is 0 Å². The predicted molar refractivity (Wildman–Crippen MR) is 83.7 cm³/mol. The zero-order valence-electron chi connectivity index (χ0n) is 12.4. The normalized spacial score (nSPS) is 16.7. The Kier molecular flexibility index (Phi) is 6.20. The molecule has 0 radical (unpaired) electrons. The van der Waals surface area contributed by atoms with Gasteiger partial charge in [-0.05, 0) is 22.4 Å². The number of benzene rings is 2. The summed E-state index contributed by atoms with van der Waals surface area (Å²) < 4.78 is 5.41. The first-order valence-corrected chi connectivity index (χ1v) is 7.26. The largest absolute Gasteiger partial charge is 0.394 e. The maximum absolute atomic E-state index is 10.8. The number of rotatable bonds is 8. The average molecular weight is 320 g/mol. The molecule has 0 heterocycles. The van der Waals surface area contributed by atoms with E-state index in [0.717, 1.165) is 16.3 Å². The van der Waals surface area contributed by atoms with Crippen molar-refractivity contribution in [2.24, 2.45) is 0 Å². The minimum Gasteiger partial charge on any atom is -0.394 e. The highest BCUT2D eigenvalue weighted by atomic mass is 16.5. The molecular weight excluding hydrogens is 300 g/mol. The lowest BCUT2D eigenvalue weighted by Crippen LogP contribution is -2.47. The monoisotopic (exact) mass is 320 g/mol. The molecule has 0 aliphatic rings. The van der Waals surface area contributed by atoms with Crippen LogP contribution in [0.25, 0.3) is 10.8 Å². The molecule has 0 aliphatic heterocycles. The van der Waals surface area contributed by atoms with Gasteiger partial charge in [0.05, 0.1) is 13.2 Å². The first-order chi connectivity index (χ1) is 11.1. The number of carbonyl (C=O) groups excluding carboxylic acids is 1. The van der Waals surface area contributed by atoms with Crippen molar-refractivity contribution in [2.45, 2.75) is 31.0 Å². The Morgan fingerprint density at radius 2 is 1.74 bits per heavy atom. The standard InChI is InChI=1S/C17H20O6/c18-8-14(20)16(22)17(15(21)9-19)23-10-11-5-6-12-3-1-2-4-13(12)7-11/h1-7,9,14-18,20-22H,8,10H2/t14-,15+,16-,17-/m1/s1. The Balaban J connectivity index is 2.11. The smallest absolute Gasteiger partial charge is 0.151 e. The highest BCUT2D eigenvalue weighted by molar-refractivity contribution is 5.82. The molecule has 2 aromatic carbocycles. The summed E-state index contributed by atoms with van der Waals surface area (Å²) in [6, 6.07) is 13.4. The molecule has 4 atom stereocenters. The van der Waals surface area contributed by atoms with E-state index in [2.05, 4.69) is 0 Å². The van der Waals surface area contributed by atoms with Crippen LogP contribution in [0.5, 0.6) is 0 Å². The molecule has 0 saturated heterocycles. The van der Waals surface area contributed by atoms with E-state index in [0.29, 0.717) is 0 Å². The van der Waals surface area contributed by atoms with E-state index in [4.69, 9.17) is 9.84 Å². The topological polar surface area (TPSA) is 107 Å². The molecule has 124 valence electrons. The summed E-state index contributed by atoms with van der Waals surface area (Å²) in [6.45, 7) is -0.668. The van der Waals surface area contributed by atoms with E-state index in [1.165, 1.54) is 0 Å². The van der Waals surface area contributed by atoms with E-state index in [1.54, 1.807) is 0 Å². The van der Waals surface area contributed by atoms with Crippen molar-refractivity contribution in [3.8, 4) is 0 Å². The fraction of sp³-hybridized carbons (Fsp3) is 0.353. The zero-order chi connectivity index (χ0) is 16.8. The van der Waals surface area contributed by atoms with Gasteiger partial charge in [-0.3, -0.25) is 0 Å². The summed E-state index contributed by atoms with van der Waals surface area (Å²) in [6.07, 6.45) is -5.81. The quantitative estimate of drug-likeness (QED) is 0.510. The number of carbonyl (C=O) groups is 1. The number of aliphatic hydroxyl groups excluding tert-OH is 4. The fourth-order valence-electron chi connectivity index (χ4n) is 2.32. The van der Waals surface area contributed by atoms with Gasteiger partial charge < -0.3 is 30.0 Å². The second-order valence-corrected chi connectivity index (χ2v) is 5.32. The number of aliphatic hydroxyl groups is 4. The zero-order valence-corrected chi connectivity index (χ0v) is 12.4. The third-order valence-corrected chi connectivity index (χ3v) is 3.65. The molecular formula is C17H20O6. The van der Waals surface area contributed by atoms with Crippen LogP contribution in [0.3, 0.4) is 0 Å². The van der Waals surface area contributed by atoms with Gasteiger partial charge in [-0.1, -0.05) is 36.4 Å². The van der Waals surface area contributed by atoms with Crippen LogP contribution in [-0.2, 0) is 16.1 Å². The van der Waals surface area contributed by atoms with Crippen molar-refractivity contribution in [1.29, 1.82) is 0 Å². The molecule has 0 amide bonds. The van der Waals surface area contributed by atoms with Crippen molar-refractivity contribution in [3.63, 3.8) is 0 Å². The van der Waals surface area contributed by atoms with Crippen molar-refractivity contribution in [3.05, 3.63) is 48.0 Å². The van der Waals surface area contributed by atoms with Crippen LogP contribution in [0, 0.1) is 0 Å². The molecule has 0 spiro atoms. The van der Waals surface area contributed by atoms with E-state index >= 15 is 0 Å². The Hall–Kier alpha value is -1.83. The first-order valence-electron chi connectivity index (χ1n) is 7.26. The average Bonchev–Trinajstić information content (AvgIpc) is 2.60. The van der Waals surface area contributed by atoms with Gasteiger partial charge in [-0.2, -0.15) is 0 Å². The molecule has 4 N–H and O–H groups in total. The van der Waals surface area contributed by atoms with Crippen LogP contribution in [0.4, 0.5) is 0 Å². The molecule has 0 fully saturated rings. The van der Waals surface area contributed by atoms with Crippen LogP contribution in [-0.4, -0.2) is 57.7 Å². The van der Waals surface area contributed by atoms with E-state index in [1.807, 2.05) is 42.5 Å². The second-order valence-electron chi connectivity index (χ2n) is 5.32. The van der Waals surface area contributed by atoms with Gasteiger partial charge >= 0.3 is 0 Å². The molecule has 6 heteroatoms. The maximum atomic E-state index is 10.8. The lowest BCUT2D eigenvalue weighted by molar-refractivity contribution is -0.153. The minimum atomic E-state index is -1.60. The van der Waals surface area contributed by atoms with Crippen molar-refractivity contribution in [2.75, 3.05) is 6.61 Å². The Bertz CT molecular complexity index is 644. The SMILES string of the molecule is O=C[C@H](O)[C@@H](OCc1ccc2ccccc2c1)[C@H](O)[C@H](O)CO. The van der Waals surface area contributed by atoms with Crippen LogP contribution in [0.2, 0.25) is 0 Å². The Morgan fingerprint density at radius 3 is 2.39 bits per heavy atom. The molecule has 0 unspecified atom stereocenters. The van der Waals surface area contributed by atoms with Gasteiger partial charge in [0.2, 0.25) is 0 Å². The third-order valence-electron chi connectivity index (χ3n) is 3.65. The van der Waals surface area contributed by atoms with Crippen molar-refractivity contribution in [1.82, 2.24) is 0 Å². The lowest BCUT2D eigenvalue weighted by atomic mass is 10.0. The number of aldehydes is 1. The Morgan fingerprint density at radius 1 is 1.04 bits per heavy atom. The summed E-state index contributed by atoms with van der Waals surface area (Å²) in [7, 11) is 0. The molecule has 2 rings (SSSR count). The van der Waals surface area contributed by atoms with Gasteiger partial charge in [0.1, 0.15) is 24.4 Å². The number of fused-ring (bicyclic) bond motifs is 1. The van der Waals surface area contributed by atoms with Crippen LogP contribution >= 0.6 is 0 Å². The first kappa shape index (κ1) is 17.5. The van der Waals surface area contributed by atoms with Crippen LogP contribution in [0.1, 0.15) is 5.56 Å². The molecule has 23 heavy (non-hydrogen) atoms. The van der Waals surface area contributed by atoms with Gasteiger partial charge in [0, 0.05) is 0 Å². The summed E-state index contributed by atoms with van der Waals surface area (Å²) in [4.78, 5) is 10.8. The van der Waals surface area contributed by atoms with Gasteiger partial charge in [-0.25, -0.2) is 0 Å². The third kappa shape index (κ3) is 4.34. The molecule has 2 aromatic rings. The van der Waals surface area contributed by atoms with E-state index in [9.17, 15) is 20.1 Å². The minimum absolute atomic E-state index is 0.0373. The lowest BCUT2D eigenvalue weighted by Gasteiger charge is -2.27. The number of hydrogen-bond donors (Lipinski definition) is 4. The fourth-order valence-corrected chi connectivity index (χ4v) is 2.32. The molecule has 0 bridgehead atoms. The summed E-state index contributed by atoms with van der Waals surface area (Å²) in [5, 5.41) is 39.9. The van der Waals surface area contributed by atoms with E-state index < -0.39 is 31.0 Å².